The topological polar surface area (TPSA) is 104 Å². The van der Waals surface area contributed by atoms with Crippen LogP contribution in [0.5, 0.6) is 0 Å². The third kappa shape index (κ3) is 4.96. The van der Waals surface area contributed by atoms with Gasteiger partial charge in [-0.05, 0) is 47.3 Å². The lowest BCUT2D eigenvalue weighted by Gasteiger charge is -2.24. The lowest BCUT2D eigenvalue weighted by molar-refractivity contribution is -0.121. The molecule has 0 spiro atoms. The highest BCUT2D eigenvalue weighted by Gasteiger charge is 2.57. The fourth-order valence-electron chi connectivity index (χ4n) is 5.46. The number of primary amides is 1. The van der Waals surface area contributed by atoms with Crippen LogP contribution in [0.25, 0.3) is 10.8 Å². The van der Waals surface area contributed by atoms with Crippen LogP contribution in [0.3, 0.4) is 0 Å². The molecule has 8 heteroatoms. The molecule has 188 valence electrons. The Morgan fingerprint density at radius 1 is 1.06 bits per heavy atom. The highest BCUT2D eigenvalue weighted by atomic mass is 16.1. The molecule has 1 saturated carbocycles. The quantitative estimate of drug-likeness (QED) is 0.429. The van der Waals surface area contributed by atoms with Crippen molar-refractivity contribution < 1.29 is 9.59 Å². The number of nitrogens with two attached hydrogens (primary N) is 1. The Labute approximate surface area is 211 Å². The largest absolute Gasteiger partial charge is 0.366 e. The van der Waals surface area contributed by atoms with Gasteiger partial charge in [-0.15, -0.1) is 0 Å². The van der Waals surface area contributed by atoms with Gasteiger partial charge in [0.1, 0.15) is 0 Å². The first-order valence-corrected chi connectivity index (χ1v) is 12.8. The summed E-state index contributed by atoms with van der Waals surface area (Å²) in [6, 6.07) is 14.6. The van der Waals surface area contributed by atoms with E-state index in [1.54, 1.807) is 0 Å². The Kier molecular flexibility index (Phi) is 6.98. The number of ketones is 1. The summed E-state index contributed by atoms with van der Waals surface area (Å²) < 4.78 is 0. The molecule has 8 nitrogen and oxygen atoms in total. The summed E-state index contributed by atoms with van der Waals surface area (Å²) in [6.07, 6.45) is 3.49. The van der Waals surface area contributed by atoms with Crippen molar-refractivity contribution in [2.45, 2.75) is 32.4 Å². The van der Waals surface area contributed by atoms with Gasteiger partial charge in [0, 0.05) is 44.5 Å². The molecule has 1 aromatic heterocycles. The summed E-state index contributed by atoms with van der Waals surface area (Å²) in [5.74, 6) is 1.23. The predicted octanol–water partition coefficient (Wildman–Crippen LogP) is 2.80. The van der Waals surface area contributed by atoms with Crippen LogP contribution in [0, 0.1) is 11.8 Å². The molecule has 3 N–H and O–H groups in total. The van der Waals surface area contributed by atoms with E-state index in [2.05, 4.69) is 69.3 Å². The van der Waals surface area contributed by atoms with Gasteiger partial charge >= 0.3 is 0 Å². The van der Waals surface area contributed by atoms with Crippen LogP contribution in [0.15, 0.2) is 54.9 Å². The molecule has 3 unspecified atom stereocenters. The standard InChI is InChI=1S/C28H34N6O2/c1-3-33(4-2)12-11-24(35)25(20-10-9-18-7-5-6-8-19(18)13-20)32-26-22-16-34(17-23(22)26)28-30-14-21(15-31-28)27(29)36/h5-10,13-15,22-23,25-26,32H,3-4,11-12,16-17H2,1-2H3,(H2,29,36). The van der Waals surface area contributed by atoms with E-state index >= 15 is 0 Å². The number of fused-ring (bicyclic) bond motifs is 2. The van der Waals surface area contributed by atoms with Crippen molar-refractivity contribution in [1.82, 2.24) is 20.2 Å². The number of nitrogens with zero attached hydrogens (tertiary/aromatic N) is 4. The third-order valence-electron chi connectivity index (χ3n) is 7.76. The second kappa shape index (κ2) is 10.3. The number of anilines is 1. The van der Waals surface area contributed by atoms with E-state index in [1.807, 2.05) is 12.1 Å². The van der Waals surface area contributed by atoms with Gasteiger partial charge in [-0.2, -0.15) is 0 Å². The molecule has 3 atom stereocenters. The highest BCUT2D eigenvalue weighted by molar-refractivity contribution is 5.92. The Balaban J connectivity index is 1.28. The molecule has 1 amide bonds. The lowest BCUT2D eigenvalue weighted by Crippen LogP contribution is -2.38. The third-order valence-corrected chi connectivity index (χ3v) is 7.76. The Morgan fingerprint density at radius 3 is 2.36 bits per heavy atom. The normalized spacial score (nSPS) is 21.5. The summed E-state index contributed by atoms with van der Waals surface area (Å²) in [4.78, 5) is 37.9. The molecule has 2 heterocycles. The van der Waals surface area contributed by atoms with Gasteiger partial charge in [0.15, 0.2) is 5.78 Å². The number of amides is 1. The van der Waals surface area contributed by atoms with E-state index < -0.39 is 5.91 Å². The summed E-state index contributed by atoms with van der Waals surface area (Å²) in [5, 5.41) is 6.06. The zero-order valence-corrected chi connectivity index (χ0v) is 20.9. The Hall–Kier alpha value is -3.36. The molecule has 2 aliphatic rings. The van der Waals surface area contributed by atoms with Crippen LogP contribution in [0.1, 0.15) is 42.2 Å². The maximum Gasteiger partial charge on any atom is 0.251 e. The molecule has 5 rings (SSSR count). The molecule has 2 fully saturated rings. The van der Waals surface area contributed by atoms with Gasteiger partial charge in [0.05, 0.1) is 11.6 Å². The average Bonchev–Trinajstić information content (AvgIpc) is 3.34. The van der Waals surface area contributed by atoms with Gasteiger partial charge in [0.2, 0.25) is 5.95 Å². The van der Waals surface area contributed by atoms with E-state index in [4.69, 9.17) is 5.73 Å². The van der Waals surface area contributed by atoms with Crippen molar-refractivity contribution in [2.75, 3.05) is 37.6 Å². The van der Waals surface area contributed by atoms with Crippen LogP contribution in [-0.4, -0.2) is 65.3 Å². The first kappa shape index (κ1) is 24.3. The smallest absolute Gasteiger partial charge is 0.251 e. The van der Waals surface area contributed by atoms with Crippen molar-refractivity contribution in [3.05, 3.63) is 66.0 Å². The van der Waals surface area contributed by atoms with Crippen molar-refractivity contribution in [2.24, 2.45) is 17.6 Å². The van der Waals surface area contributed by atoms with Crippen LogP contribution in [-0.2, 0) is 4.79 Å². The fourth-order valence-corrected chi connectivity index (χ4v) is 5.46. The average molecular weight is 487 g/mol. The zero-order valence-electron chi connectivity index (χ0n) is 20.9. The van der Waals surface area contributed by atoms with E-state index in [1.165, 1.54) is 17.8 Å². The number of nitrogens with one attached hydrogen (secondary N) is 1. The molecule has 2 aromatic carbocycles. The monoisotopic (exact) mass is 486 g/mol. The summed E-state index contributed by atoms with van der Waals surface area (Å²) >= 11 is 0. The maximum atomic E-state index is 13.5. The molecule has 1 saturated heterocycles. The molecular weight excluding hydrogens is 452 g/mol. The number of rotatable bonds is 11. The molecular formula is C28H34N6O2. The van der Waals surface area contributed by atoms with Gasteiger partial charge in [0.25, 0.3) is 5.91 Å². The minimum atomic E-state index is -0.527. The molecule has 36 heavy (non-hydrogen) atoms. The van der Waals surface area contributed by atoms with Crippen molar-refractivity contribution in [3.8, 4) is 0 Å². The first-order valence-electron chi connectivity index (χ1n) is 12.8. The SMILES string of the molecule is CCN(CC)CCC(=O)C(NC1C2CN(c3ncc(C(N)=O)cn3)CC21)c1ccc2ccccc2c1. The second-order valence-electron chi connectivity index (χ2n) is 9.84. The Morgan fingerprint density at radius 2 is 1.72 bits per heavy atom. The first-order chi connectivity index (χ1) is 17.5. The predicted molar refractivity (Wildman–Crippen MR) is 141 cm³/mol. The van der Waals surface area contributed by atoms with Gasteiger partial charge in [-0.3, -0.25) is 9.59 Å². The van der Waals surface area contributed by atoms with E-state index in [0.29, 0.717) is 35.8 Å². The number of Topliss-reactive ketones (excluding diaryl/α,β-unsaturated/α-hetero) is 1. The summed E-state index contributed by atoms with van der Waals surface area (Å²) in [7, 11) is 0. The maximum absolute atomic E-state index is 13.5. The highest BCUT2D eigenvalue weighted by Crippen LogP contribution is 2.47. The number of hydrogen-bond donors (Lipinski definition) is 2. The molecule has 0 radical (unpaired) electrons. The van der Waals surface area contributed by atoms with Crippen LogP contribution >= 0.6 is 0 Å². The molecule has 1 aliphatic carbocycles. The summed E-state index contributed by atoms with van der Waals surface area (Å²) in [5.41, 5.74) is 6.64. The van der Waals surface area contributed by atoms with Crippen molar-refractivity contribution in [1.29, 1.82) is 0 Å². The van der Waals surface area contributed by atoms with Crippen LogP contribution in [0.4, 0.5) is 5.95 Å². The number of carbonyl (C=O) groups is 2. The molecule has 1 aliphatic heterocycles. The zero-order chi connectivity index (χ0) is 25.2. The number of benzene rings is 2. The van der Waals surface area contributed by atoms with Crippen molar-refractivity contribution >= 4 is 28.4 Å². The van der Waals surface area contributed by atoms with E-state index in [0.717, 1.165) is 43.7 Å². The molecule has 0 bridgehead atoms. The van der Waals surface area contributed by atoms with Gasteiger partial charge < -0.3 is 20.9 Å². The molecule has 3 aromatic rings. The minimum Gasteiger partial charge on any atom is -0.366 e. The number of carbonyl (C=O) groups excluding carboxylic acids is 2. The number of hydrogen-bond acceptors (Lipinski definition) is 7. The fraction of sp³-hybridized carbons (Fsp3) is 0.429. The van der Waals surface area contributed by atoms with Crippen LogP contribution in [0.2, 0.25) is 0 Å². The van der Waals surface area contributed by atoms with Crippen LogP contribution < -0.4 is 16.0 Å². The minimum absolute atomic E-state index is 0.240. The second-order valence-corrected chi connectivity index (χ2v) is 9.84. The number of aromatic nitrogens is 2. The van der Waals surface area contributed by atoms with Gasteiger partial charge in [-0.1, -0.05) is 50.2 Å². The van der Waals surface area contributed by atoms with Crippen molar-refractivity contribution in [3.63, 3.8) is 0 Å². The van der Waals surface area contributed by atoms with Gasteiger partial charge in [-0.25, -0.2) is 9.97 Å². The lowest BCUT2D eigenvalue weighted by atomic mass is 9.97. The number of piperidine rings is 1. The van der Waals surface area contributed by atoms with E-state index in [-0.39, 0.29) is 11.8 Å². The summed E-state index contributed by atoms with van der Waals surface area (Å²) in [6.45, 7) is 8.60. The van der Waals surface area contributed by atoms with E-state index in [9.17, 15) is 9.59 Å². The Bertz CT molecular complexity index is 1230.